The second-order valence-electron chi connectivity index (χ2n) is 8.61. The molecule has 6 rings (SSSR count). The molecule has 0 amide bonds. The molecule has 2 N–H and O–H groups in total. The monoisotopic (exact) mass is 467 g/mol. The smallest absolute Gasteiger partial charge is 0.257 e. The Morgan fingerprint density at radius 3 is 2.63 bits per heavy atom. The highest BCUT2D eigenvalue weighted by Crippen LogP contribution is 2.24. The second-order valence-corrected chi connectivity index (χ2v) is 8.61. The Kier molecular flexibility index (Phi) is 5.55. The first-order valence-electron chi connectivity index (χ1n) is 11.6. The van der Waals surface area contributed by atoms with Gasteiger partial charge < -0.3 is 19.7 Å². The van der Waals surface area contributed by atoms with Crippen molar-refractivity contribution in [2.24, 2.45) is 0 Å². The lowest BCUT2D eigenvalue weighted by Gasteiger charge is -2.36. The molecule has 1 aromatic carbocycles. The van der Waals surface area contributed by atoms with Gasteiger partial charge in [-0.15, -0.1) is 0 Å². The molecular weight excluding hydrogens is 442 g/mol. The van der Waals surface area contributed by atoms with Gasteiger partial charge in [-0.1, -0.05) is 5.16 Å². The molecule has 0 atom stereocenters. The average molecular weight is 468 g/mol. The van der Waals surface area contributed by atoms with Crippen LogP contribution in [-0.4, -0.2) is 61.2 Å². The Balaban J connectivity index is 1.11. The summed E-state index contributed by atoms with van der Waals surface area (Å²) in [6.45, 7) is 6.72. The molecule has 0 aliphatic carbocycles. The van der Waals surface area contributed by atoms with Crippen LogP contribution in [0, 0.1) is 6.92 Å². The summed E-state index contributed by atoms with van der Waals surface area (Å²) >= 11 is 0. The molecule has 0 spiro atoms. The van der Waals surface area contributed by atoms with Crippen molar-refractivity contribution >= 4 is 28.5 Å². The maximum absolute atomic E-state index is 5.28. The number of hydrogen-bond donors (Lipinski definition) is 2. The summed E-state index contributed by atoms with van der Waals surface area (Å²) in [6, 6.07) is 14.1. The highest BCUT2D eigenvalue weighted by atomic mass is 16.5. The summed E-state index contributed by atoms with van der Waals surface area (Å²) in [5.41, 5.74) is 5.02. The summed E-state index contributed by atoms with van der Waals surface area (Å²) in [5, 5.41) is 7.16. The van der Waals surface area contributed by atoms with Gasteiger partial charge in [0.05, 0.1) is 11.0 Å². The third-order valence-corrected chi connectivity index (χ3v) is 6.13. The van der Waals surface area contributed by atoms with E-state index in [0.29, 0.717) is 17.7 Å². The SMILES string of the molecule is Cc1noc(-c2ccc3nc(Nc4cc(CN5CCN(c6ccncc6)CC5)ccn4)[nH]c3c2)n1. The van der Waals surface area contributed by atoms with E-state index < -0.39 is 0 Å². The summed E-state index contributed by atoms with van der Waals surface area (Å²) in [5.74, 6) is 2.48. The zero-order chi connectivity index (χ0) is 23.6. The molecule has 0 unspecified atom stereocenters. The number of nitrogens with zero attached hydrogens (tertiary/aromatic N) is 7. The number of anilines is 3. The lowest BCUT2D eigenvalue weighted by Crippen LogP contribution is -2.45. The minimum atomic E-state index is 0.490. The molecule has 0 bridgehead atoms. The van der Waals surface area contributed by atoms with Crippen LogP contribution in [0.4, 0.5) is 17.5 Å². The van der Waals surface area contributed by atoms with Crippen LogP contribution in [0.3, 0.4) is 0 Å². The van der Waals surface area contributed by atoms with Gasteiger partial charge in [-0.2, -0.15) is 4.98 Å². The summed E-state index contributed by atoms with van der Waals surface area (Å²) in [6.07, 6.45) is 5.54. The molecule has 4 aromatic heterocycles. The van der Waals surface area contributed by atoms with Crippen molar-refractivity contribution < 1.29 is 4.52 Å². The molecule has 0 radical (unpaired) electrons. The number of aromatic amines is 1. The number of aryl methyl sites for hydroxylation is 1. The van der Waals surface area contributed by atoms with Crippen molar-refractivity contribution in [2.45, 2.75) is 13.5 Å². The maximum atomic E-state index is 5.28. The Morgan fingerprint density at radius 2 is 1.83 bits per heavy atom. The number of piperazine rings is 1. The van der Waals surface area contributed by atoms with E-state index in [-0.39, 0.29) is 0 Å². The van der Waals surface area contributed by atoms with Gasteiger partial charge >= 0.3 is 0 Å². The summed E-state index contributed by atoms with van der Waals surface area (Å²) in [4.78, 5) is 25.7. The molecule has 10 heteroatoms. The molecule has 10 nitrogen and oxygen atoms in total. The second kappa shape index (κ2) is 9.15. The fraction of sp³-hybridized carbons (Fsp3) is 0.240. The van der Waals surface area contributed by atoms with Gasteiger partial charge in [0.25, 0.3) is 5.89 Å². The molecular formula is C25H25N9O. The number of imidazole rings is 1. The van der Waals surface area contributed by atoms with E-state index in [1.54, 1.807) is 6.92 Å². The lowest BCUT2D eigenvalue weighted by atomic mass is 10.2. The largest absolute Gasteiger partial charge is 0.369 e. The number of rotatable bonds is 6. The van der Waals surface area contributed by atoms with Crippen molar-refractivity contribution in [2.75, 3.05) is 36.4 Å². The number of benzene rings is 1. The lowest BCUT2D eigenvalue weighted by molar-refractivity contribution is 0.250. The van der Waals surface area contributed by atoms with Crippen molar-refractivity contribution in [3.8, 4) is 11.5 Å². The van der Waals surface area contributed by atoms with Crippen molar-refractivity contribution in [3.05, 3.63) is 72.4 Å². The first-order chi connectivity index (χ1) is 17.2. The van der Waals surface area contributed by atoms with E-state index in [9.17, 15) is 0 Å². The summed E-state index contributed by atoms with van der Waals surface area (Å²) in [7, 11) is 0. The van der Waals surface area contributed by atoms with Crippen LogP contribution in [-0.2, 0) is 6.54 Å². The Morgan fingerprint density at radius 1 is 0.971 bits per heavy atom. The number of hydrogen-bond acceptors (Lipinski definition) is 9. The van der Waals surface area contributed by atoms with E-state index >= 15 is 0 Å². The molecule has 1 saturated heterocycles. The summed E-state index contributed by atoms with van der Waals surface area (Å²) < 4.78 is 5.28. The zero-order valence-electron chi connectivity index (χ0n) is 19.3. The molecule has 176 valence electrons. The average Bonchev–Trinajstić information content (AvgIpc) is 3.50. The highest BCUT2D eigenvalue weighted by Gasteiger charge is 2.17. The molecule has 1 aliphatic heterocycles. The zero-order valence-corrected chi connectivity index (χ0v) is 19.3. The van der Waals surface area contributed by atoms with Gasteiger partial charge in [0.2, 0.25) is 5.95 Å². The number of fused-ring (bicyclic) bond motifs is 1. The first-order valence-corrected chi connectivity index (χ1v) is 11.6. The van der Waals surface area contributed by atoms with Crippen LogP contribution in [0.5, 0.6) is 0 Å². The van der Waals surface area contributed by atoms with Gasteiger partial charge in [-0.25, -0.2) is 9.97 Å². The van der Waals surface area contributed by atoms with E-state index in [4.69, 9.17) is 4.52 Å². The quantitative estimate of drug-likeness (QED) is 0.385. The van der Waals surface area contributed by atoms with Gasteiger partial charge in [-0.3, -0.25) is 9.88 Å². The van der Waals surface area contributed by atoms with E-state index in [0.717, 1.165) is 55.1 Å². The first kappa shape index (κ1) is 21.2. The van der Waals surface area contributed by atoms with E-state index in [1.165, 1.54) is 11.3 Å². The van der Waals surface area contributed by atoms with Crippen LogP contribution >= 0.6 is 0 Å². The van der Waals surface area contributed by atoms with E-state index in [2.05, 4.69) is 69.5 Å². The molecule has 0 saturated carbocycles. The van der Waals surface area contributed by atoms with Crippen molar-refractivity contribution in [3.63, 3.8) is 0 Å². The van der Waals surface area contributed by atoms with Crippen LogP contribution in [0.2, 0.25) is 0 Å². The Labute approximate surface area is 202 Å². The van der Waals surface area contributed by atoms with Gasteiger partial charge in [0, 0.05) is 62.6 Å². The van der Waals surface area contributed by atoms with Crippen molar-refractivity contribution in [1.82, 2.24) is 35.0 Å². The van der Waals surface area contributed by atoms with E-state index in [1.807, 2.05) is 36.8 Å². The predicted octanol–water partition coefficient (Wildman–Crippen LogP) is 3.78. The molecule has 1 fully saturated rings. The fourth-order valence-corrected chi connectivity index (χ4v) is 4.36. The normalized spacial score (nSPS) is 14.5. The van der Waals surface area contributed by atoms with Gasteiger partial charge in [-0.05, 0) is 55.0 Å². The fourth-order valence-electron chi connectivity index (χ4n) is 4.36. The minimum Gasteiger partial charge on any atom is -0.369 e. The number of pyridine rings is 2. The van der Waals surface area contributed by atoms with Crippen LogP contribution in [0.25, 0.3) is 22.5 Å². The molecule has 5 heterocycles. The Bertz CT molecular complexity index is 1440. The molecule has 5 aromatic rings. The third kappa shape index (κ3) is 4.69. The van der Waals surface area contributed by atoms with Crippen LogP contribution in [0.1, 0.15) is 11.4 Å². The number of nitrogens with one attached hydrogen (secondary N) is 2. The van der Waals surface area contributed by atoms with Gasteiger partial charge in [0.15, 0.2) is 5.82 Å². The minimum absolute atomic E-state index is 0.490. The van der Waals surface area contributed by atoms with Crippen LogP contribution in [0.15, 0.2) is 65.6 Å². The maximum Gasteiger partial charge on any atom is 0.257 e. The number of aromatic nitrogens is 6. The highest BCUT2D eigenvalue weighted by molar-refractivity contribution is 5.82. The molecule has 35 heavy (non-hydrogen) atoms. The van der Waals surface area contributed by atoms with Crippen LogP contribution < -0.4 is 10.2 Å². The standard InChI is InChI=1S/C25H25N9O/c1-17-28-24(35-32-17)19-2-3-21-22(15-19)30-25(29-21)31-23-14-18(4-9-27-23)16-33-10-12-34(13-11-33)20-5-7-26-8-6-20/h2-9,14-15H,10-13,16H2,1H3,(H2,27,29,30,31). The number of H-pyrrole nitrogens is 1. The predicted molar refractivity (Wildman–Crippen MR) is 133 cm³/mol. The topological polar surface area (TPSA) is 112 Å². The third-order valence-electron chi connectivity index (χ3n) is 6.13. The van der Waals surface area contributed by atoms with Crippen molar-refractivity contribution in [1.29, 1.82) is 0 Å². The molecule has 1 aliphatic rings. The van der Waals surface area contributed by atoms with Gasteiger partial charge in [0.1, 0.15) is 5.82 Å². The Hall–Kier alpha value is -4.31.